The molecule has 10 heteroatoms. The smallest absolute Gasteiger partial charge is 0.255 e. The molecule has 1 amide bonds. The zero-order chi connectivity index (χ0) is 27.7. The van der Waals surface area contributed by atoms with Crippen LogP contribution in [0, 0.1) is 11.8 Å². The lowest BCUT2D eigenvalue weighted by Crippen LogP contribution is -2.65. The van der Waals surface area contributed by atoms with E-state index in [0.29, 0.717) is 11.1 Å². The van der Waals surface area contributed by atoms with E-state index in [1.165, 1.54) is 4.90 Å². The van der Waals surface area contributed by atoms with Gasteiger partial charge in [0.05, 0.1) is 11.6 Å². The molecule has 2 aromatic rings. The Morgan fingerprint density at radius 1 is 1.13 bits per heavy atom. The fourth-order valence-corrected chi connectivity index (χ4v) is 6.40. The molecule has 0 radical (unpaired) electrons. The van der Waals surface area contributed by atoms with Crippen LogP contribution < -0.4 is 11.5 Å². The number of nitrogens with two attached hydrogens (primary N) is 2. The van der Waals surface area contributed by atoms with Crippen LogP contribution in [0.25, 0.3) is 16.9 Å². The Labute approximate surface area is 218 Å². The van der Waals surface area contributed by atoms with Crippen LogP contribution in [0.5, 0.6) is 5.75 Å². The first-order valence-electron chi connectivity index (χ1n) is 12.2. The highest BCUT2D eigenvalue weighted by molar-refractivity contribution is 6.24. The van der Waals surface area contributed by atoms with Crippen molar-refractivity contribution >= 4 is 23.2 Å². The van der Waals surface area contributed by atoms with Crippen molar-refractivity contribution in [1.82, 2.24) is 4.90 Å². The van der Waals surface area contributed by atoms with Gasteiger partial charge in [0.1, 0.15) is 22.8 Å². The second kappa shape index (κ2) is 8.80. The average molecular weight is 520 g/mol. The van der Waals surface area contributed by atoms with Gasteiger partial charge in [0.2, 0.25) is 5.78 Å². The molecular formula is C28H29N3O7. The van der Waals surface area contributed by atoms with Crippen molar-refractivity contribution in [3.8, 4) is 16.9 Å². The molecule has 0 spiro atoms. The van der Waals surface area contributed by atoms with Gasteiger partial charge in [-0.2, -0.15) is 0 Å². The van der Waals surface area contributed by atoms with Crippen LogP contribution in [0.2, 0.25) is 0 Å². The first-order chi connectivity index (χ1) is 17.9. The number of fused-ring (bicyclic) bond motifs is 3. The number of ketones is 2. The predicted molar refractivity (Wildman–Crippen MR) is 138 cm³/mol. The molecule has 0 heterocycles. The predicted octanol–water partition coefficient (Wildman–Crippen LogP) is 1.09. The normalized spacial score (nSPS) is 26.8. The summed E-state index contributed by atoms with van der Waals surface area (Å²) in [5.41, 5.74) is 10.0. The number of likely N-dealkylation sites (N-methyl/N-ethyl adjacent to an activating group) is 1. The number of phenols is 1. The first-order valence-corrected chi connectivity index (χ1v) is 12.2. The number of hydrogen-bond donors (Lipinski definition) is 6. The molecule has 3 aliphatic rings. The van der Waals surface area contributed by atoms with Crippen molar-refractivity contribution < 1.29 is 34.8 Å². The Morgan fingerprint density at radius 2 is 1.79 bits per heavy atom. The summed E-state index contributed by atoms with van der Waals surface area (Å²) in [6.45, 7) is -0.0386. The van der Waals surface area contributed by atoms with Crippen molar-refractivity contribution in [2.75, 3.05) is 14.1 Å². The van der Waals surface area contributed by atoms with Gasteiger partial charge < -0.3 is 31.9 Å². The van der Waals surface area contributed by atoms with Crippen LogP contribution in [-0.2, 0) is 27.3 Å². The Hall–Kier alpha value is -3.99. The third kappa shape index (κ3) is 3.34. The molecule has 198 valence electrons. The van der Waals surface area contributed by atoms with Crippen LogP contribution in [0.15, 0.2) is 53.3 Å². The number of nitrogens with zero attached hydrogens (tertiary/aromatic N) is 1. The van der Waals surface area contributed by atoms with Gasteiger partial charge in [-0.25, -0.2) is 0 Å². The monoisotopic (exact) mass is 519 g/mol. The molecule has 1 saturated carbocycles. The van der Waals surface area contributed by atoms with Crippen molar-refractivity contribution in [2.45, 2.75) is 31.0 Å². The Balaban J connectivity index is 1.78. The van der Waals surface area contributed by atoms with Gasteiger partial charge in [-0.3, -0.25) is 19.3 Å². The van der Waals surface area contributed by atoms with Gasteiger partial charge >= 0.3 is 0 Å². The number of amides is 1. The Bertz CT molecular complexity index is 1460. The van der Waals surface area contributed by atoms with Gasteiger partial charge in [0, 0.05) is 23.6 Å². The Morgan fingerprint density at radius 3 is 2.37 bits per heavy atom. The van der Waals surface area contributed by atoms with Gasteiger partial charge in [-0.05, 0) is 55.6 Å². The van der Waals surface area contributed by atoms with Crippen molar-refractivity contribution in [1.29, 1.82) is 0 Å². The van der Waals surface area contributed by atoms with Crippen LogP contribution in [0.4, 0.5) is 0 Å². The molecule has 2 aromatic carbocycles. The number of carbonyl (C=O) groups is 3. The lowest BCUT2D eigenvalue weighted by Gasteiger charge is -2.50. The van der Waals surface area contributed by atoms with Gasteiger partial charge in [0.25, 0.3) is 5.91 Å². The molecule has 0 saturated heterocycles. The molecule has 0 aliphatic heterocycles. The molecule has 0 unspecified atom stereocenters. The fourth-order valence-electron chi connectivity index (χ4n) is 6.40. The highest BCUT2D eigenvalue weighted by Crippen LogP contribution is 2.54. The van der Waals surface area contributed by atoms with E-state index in [2.05, 4.69) is 0 Å². The molecule has 8 N–H and O–H groups in total. The topological polar surface area (TPSA) is 187 Å². The largest absolute Gasteiger partial charge is 0.508 e. The fraction of sp³-hybridized carbons (Fsp3) is 0.321. The summed E-state index contributed by atoms with van der Waals surface area (Å²) in [5, 5.41) is 45.2. The van der Waals surface area contributed by atoms with E-state index in [1.807, 2.05) is 30.3 Å². The zero-order valence-corrected chi connectivity index (χ0v) is 20.9. The maximum absolute atomic E-state index is 14.0. The summed E-state index contributed by atoms with van der Waals surface area (Å²) in [5.74, 6) is -6.81. The highest BCUT2D eigenvalue weighted by Gasteiger charge is 2.64. The number of primary amides is 1. The van der Waals surface area contributed by atoms with E-state index in [4.69, 9.17) is 11.5 Å². The van der Waals surface area contributed by atoms with Crippen molar-refractivity contribution in [3.63, 3.8) is 0 Å². The maximum atomic E-state index is 14.0. The number of rotatable bonds is 4. The summed E-state index contributed by atoms with van der Waals surface area (Å²) in [6, 6.07) is 9.95. The maximum Gasteiger partial charge on any atom is 0.255 e. The third-order valence-corrected chi connectivity index (χ3v) is 8.10. The van der Waals surface area contributed by atoms with Gasteiger partial charge in [-0.15, -0.1) is 0 Å². The minimum absolute atomic E-state index is 0.0272. The number of aliphatic hydroxyl groups is 3. The summed E-state index contributed by atoms with van der Waals surface area (Å²) >= 11 is 0. The van der Waals surface area contributed by atoms with Crippen LogP contribution in [-0.4, -0.2) is 68.5 Å². The second-order valence-corrected chi connectivity index (χ2v) is 10.3. The van der Waals surface area contributed by atoms with Crippen LogP contribution in [0.3, 0.4) is 0 Å². The van der Waals surface area contributed by atoms with Gasteiger partial charge in [-0.1, -0.05) is 30.3 Å². The molecule has 10 nitrogen and oxygen atoms in total. The molecule has 5 rings (SSSR count). The third-order valence-electron chi connectivity index (χ3n) is 8.10. The number of phenolic OH excluding ortho intramolecular Hbond substituents is 1. The lowest BCUT2D eigenvalue weighted by molar-refractivity contribution is -0.153. The second-order valence-electron chi connectivity index (χ2n) is 10.3. The first kappa shape index (κ1) is 25.7. The van der Waals surface area contributed by atoms with E-state index >= 15 is 0 Å². The lowest BCUT2D eigenvalue weighted by atomic mass is 9.57. The van der Waals surface area contributed by atoms with Crippen molar-refractivity contribution in [3.05, 3.63) is 70.0 Å². The molecule has 4 atom stereocenters. The number of benzene rings is 2. The number of aliphatic hydroxyl groups excluding tert-OH is 2. The molecular weight excluding hydrogens is 490 g/mol. The molecule has 38 heavy (non-hydrogen) atoms. The number of carbonyl (C=O) groups excluding carboxylic acids is 3. The molecule has 1 fully saturated rings. The molecule has 3 aliphatic carbocycles. The summed E-state index contributed by atoms with van der Waals surface area (Å²) in [4.78, 5) is 40.7. The van der Waals surface area contributed by atoms with Gasteiger partial charge in [0.15, 0.2) is 11.4 Å². The number of Topliss-reactive ketones (excluding diaryl/α,β-unsaturated/α-hetero) is 2. The SMILES string of the molecule is CN(C)[C@H]1C(=O)C(C(N)=O)=C(O)[C@@]2(O)C(=O)C3=C(O)c4c(O)c(CN)cc(-c5ccccc5)c4C[C@H]3C[C@H]12. The number of aromatic hydroxyl groups is 1. The minimum Gasteiger partial charge on any atom is -0.508 e. The molecule has 0 aromatic heterocycles. The van der Waals surface area contributed by atoms with E-state index in [1.54, 1.807) is 20.2 Å². The standard InChI is InChI=1S/C28H29N3O7/c1-31(2)21-17-10-13-8-16-15(12-6-4-3-5-7-12)9-14(11-29)22(32)19(16)23(33)18(13)25(35)28(17,38)26(36)20(24(21)34)27(30)37/h3-7,9,13,17,21,32-33,36,38H,8,10-11,29H2,1-2H3,(H2,30,37)/t13-,17+,21+,28-/m0/s1. The minimum atomic E-state index is -2.67. The Kier molecular flexibility index (Phi) is 5.94. The van der Waals surface area contributed by atoms with Crippen molar-refractivity contribution in [2.24, 2.45) is 23.3 Å². The van der Waals surface area contributed by atoms with E-state index < -0.39 is 58.0 Å². The van der Waals surface area contributed by atoms with E-state index in [9.17, 15) is 34.8 Å². The van der Waals surface area contributed by atoms with E-state index in [0.717, 1.165) is 11.1 Å². The number of hydrogen-bond acceptors (Lipinski definition) is 9. The zero-order valence-electron chi connectivity index (χ0n) is 20.9. The summed E-state index contributed by atoms with van der Waals surface area (Å²) in [6.07, 6.45) is 0.233. The van der Waals surface area contributed by atoms with Crippen LogP contribution in [0.1, 0.15) is 23.1 Å². The average Bonchev–Trinajstić information content (AvgIpc) is 2.86. The summed E-state index contributed by atoms with van der Waals surface area (Å²) < 4.78 is 0. The highest BCUT2D eigenvalue weighted by atomic mass is 16.3. The molecule has 0 bridgehead atoms. The summed E-state index contributed by atoms with van der Waals surface area (Å²) in [7, 11) is 3.13. The quantitative estimate of drug-likeness (QED) is 0.321. The van der Waals surface area contributed by atoms with Crippen LogP contribution >= 0.6 is 0 Å². The van der Waals surface area contributed by atoms with E-state index in [-0.39, 0.29) is 36.3 Å².